The van der Waals surface area contributed by atoms with Crippen molar-refractivity contribution in [3.63, 3.8) is 0 Å². The van der Waals surface area contributed by atoms with Gasteiger partial charge in [0.25, 0.3) is 0 Å². The first-order valence-electron chi connectivity index (χ1n) is 13.4. The summed E-state index contributed by atoms with van der Waals surface area (Å²) < 4.78 is 0. The van der Waals surface area contributed by atoms with Crippen LogP contribution in [0.1, 0.15) is 16.7 Å². The Morgan fingerprint density at radius 2 is 0.738 bits per heavy atom. The summed E-state index contributed by atoms with van der Waals surface area (Å²) in [6.07, 6.45) is 3.70. The molecule has 6 heteroatoms. The predicted octanol–water partition coefficient (Wildman–Crippen LogP) is 7.99. The van der Waals surface area contributed by atoms with Gasteiger partial charge in [-0.25, -0.2) is 0 Å². The van der Waals surface area contributed by atoms with Crippen molar-refractivity contribution in [1.82, 2.24) is 0 Å². The Morgan fingerprint density at radius 3 is 0.976 bits per heavy atom. The monoisotopic (exact) mass is 555 g/mol. The Hall–Kier alpha value is -5.49. The molecule has 0 saturated heterocycles. The van der Waals surface area contributed by atoms with Crippen molar-refractivity contribution in [2.75, 3.05) is 16.0 Å². The van der Waals surface area contributed by atoms with Gasteiger partial charge in [0.15, 0.2) is 0 Å². The van der Waals surface area contributed by atoms with Gasteiger partial charge < -0.3 is 16.0 Å². The fourth-order valence-corrected chi connectivity index (χ4v) is 4.69. The molecule has 3 N–H and O–H groups in total. The van der Waals surface area contributed by atoms with E-state index in [4.69, 9.17) is 0 Å². The minimum atomic E-state index is -0.320. The van der Waals surface area contributed by atoms with Gasteiger partial charge in [0.05, 0.1) is 0 Å². The van der Waals surface area contributed by atoms with Gasteiger partial charge in [-0.2, -0.15) is 0 Å². The molecule has 0 aliphatic carbocycles. The zero-order valence-electron chi connectivity index (χ0n) is 24.0. The molecule has 0 aliphatic rings. The van der Waals surface area contributed by atoms with E-state index in [-0.39, 0.29) is 17.7 Å². The second-order valence-corrected chi connectivity index (χ2v) is 10.0. The van der Waals surface area contributed by atoms with Gasteiger partial charge in [-0.15, -0.1) is 0 Å². The van der Waals surface area contributed by atoms with E-state index in [1.807, 2.05) is 93.6 Å². The molecule has 0 spiro atoms. The number of hydrogen-bond acceptors (Lipinski definition) is 3. The minimum Gasteiger partial charge on any atom is -0.322 e. The maximum Gasteiger partial charge on any atom is 0.247 e. The van der Waals surface area contributed by atoms with Gasteiger partial charge >= 0.3 is 0 Å². The van der Waals surface area contributed by atoms with Crippen molar-refractivity contribution in [1.29, 1.82) is 0 Å². The summed E-state index contributed by atoms with van der Waals surface area (Å²) >= 11 is 0. The van der Waals surface area contributed by atoms with E-state index >= 15 is 0 Å². The fraction of sp³-hybridized carbons (Fsp3) is 0.0833. The van der Waals surface area contributed by atoms with Crippen LogP contribution >= 0.6 is 0 Å². The highest BCUT2D eigenvalue weighted by Crippen LogP contribution is 2.40. The predicted molar refractivity (Wildman–Crippen MR) is 173 cm³/mol. The van der Waals surface area contributed by atoms with Crippen LogP contribution in [0.3, 0.4) is 0 Å². The van der Waals surface area contributed by atoms with E-state index in [0.29, 0.717) is 17.1 Å². The van der Waals surface area contributed by atoms with Crippen LogP contribution in [0.15, 0.2) is 111 Å². The third kappa shape index (κ3) is 6.80. The van der Waals surface area contributed by atoms with Crippen molar-refractivity contribution in [2.45, 2.75) is 20.8 Å². The van der Waals surface area contributed by atoms with Crippen LogP contribution in [0.4, 0.5) is 17.1 Å². The smallest absolute Gasteiger partial charge is 0.247 e. The Bertz CT molecular complexity index is 1530. The number of nitrogens with one attached hydrogen (secondary N) is 3. The first kappa shape index (κ1) is 29.5. The Labute approximate surface area is 246 Å². The van der Waals surface area contributed by atoms with Gasteiger partial charge in [0, 0.05) is 33.8 Å². The van der Waals surface area contributed by atoms with Crippen LogP contribution < -0.4 is 16.0 Å². The number of anilines is 3. The maximum atomic E-state index is 12.3. The molecule has 0 aromatic heterocycles. The largest absolute Gasteiger partial charge is 0.322 e. The van der Waals surface area contributed by atoms with E-state index < -0.39 is 0 Å². The number of rotatable bonds is 9. The zero-order valence-corrected chi connectivity index (χ0v) is 24.0. The first-order chi connectivity index (χ1) is 20.1. The summed E-state index contributed by atoms with van der Waals surface area (Å²) in [5, 5.41) is 8.79. The number of aryl methyl sites for hydroxylation is 3. The van der Waals surface area contributed by atoms with E-state index in [0.717, 1.165) is 50.1 Å². The first-order valence-corrected chi connectivity index (χ1v) is 13.4. The molecule has 4 rings (SSSR count). The van der Waals surface area contributed by atoms with E-state index in [1.165, 1.54) is 18.2 Å². The number of carbonyl (C=O) groups excluding carboxylic acids is 3. The van der Waals surface area contributed by atoms with Crippen molar-refractivity contribution >= 4 is 34.8 Å². The van der Waals surface area contributed by atoms with Crippen molar-refractivity contribution in [3.05, 3.63) is 127 Å². The average molecular weight is 556 g/mol. The van der Waals surface area contributed by atoms with Crippen LogP contribution in [-0.2, 0) is 14.4 Å². The van der Waals surface area contributed by atoms with Crippen molar-refractivity contribution < 1.29 is 14.4 Å². The van der Waals surface area contributed by atoms with Crippen LogP contribution in [-0.4, -0.2) is 17.7 Å². The molecule has 0 bridgehead atoms. The SMILES string of the molecule is C=CC(=O)Nc1cc(C)ccc1-c1cc(-c2ccc(C)cc2NC(=O)C=C)cc(-c2ccc(C)cc2NC(=O)C=C)c1. The number of benzene rings is 4. The molecule has 4 aromatic carbocycles. The molecular formula is C36H33N3O3. The van der Waals surface area contributed by atoms with E-state index in [9.17, 15) is 14.4 Å². The van der Waals surface area contributed by atoms with Crippen LogP contribution in [0, 0.1) is 20.8 Å². The lowest BCUT2D eigenvalue weighted by atomic mass is 9.90. The molecule has 0 saturated carbocycles. The lowest BCUT2D eigenvalue weighted by molar-refractivity contribution is -0.112. The second kappa shape index (κ2) is 12.8. The third-order valence-electron chi connectivity index (χ3n) is 6.72. The summed E-state index contributed by atoms with van der Waals surface area (Å²) in [7, 11) is 0. The summed E-state index contributed by atoms with van der Waals surface area (Å²) in [5.74, 6) is -0.961. The zero-order chi connectivity index (χ0) is 30.4. The highest BCUT2D eigenvalue weighted by molar-refractivity contribution is 6.05. The Morgan fingerprint density at radius 1 is 0.476 bits per heavy atom. The van der Waals surface area contributed by atoms with Gasteiger partial charge in [-0.05, 0) is 109 Å². The van der Waals surface area contributed by atoms with Crippen LogP contribution in [0.5, 0.6) is 0 Å². The second-order valence-electron chi connectivity index (χ2n) is 10.0. The quantitative estimate of drug-likeness (QED) is 0.183. The molecule has 0 aliphatic heterocycles. The van der Waals surface area contributed by atoms with E-state index in [1.54, 1.807) is 0 Å². The van der Waals surface area contributed by atoms with Crippen LogP contribution in [0.2, 0.25) is 0 Å². The highest BCUT2D eigenvalue weighted by atomic mass is 16.2. The molecule has 4 aromatic rings. The molecular weight excluding hydrogens is 522 g/mol. The molecule has 0 heterocycles. The highest BCUT2D eigenvalue weighted by Gasteiger charge is 2.16. The van der Waals surface area contributed by atoms with Crippen molar-refractivity contribution in [2.24, 2.45) is 0 Å². The van der Waals surface area contributed by atoms with E-state index in [2.05, 4.69) is 35.7 Å². The van der Waals surface area contributed by atoms with Crippen LogP contribution in [0.25, 0.3) is 33.4 Å². The molecule has 0 radical (unpaired) electrons. The molecule has 3 amide bonds. The summed E-state index contributed by atoms with van der Waals surface area (Å²) in [6, 6.07) is 23.6. The molecule has 0 fully saturated rings. The molecule has 0 atom stereocenters. The lowest BCUT2D eigenvalue weighted by Gasteiger charge is -2.18. The molecule has 0 unspecified atom stereocenters. The maximum absolute atomic E-state index is 12.3. The number of hydrogen-bond donors (Lipinski definition) is 3. The van der Waals surface area contributed by atoms with Crippen molar-refractivity contribution in [3.8, 4) is 33.4 Å². The summed E-state index contributed by atoms with van der Waals surface area (Å²) in [4.78, 5) is 37.0. The normalized spacial score (nSPS) is 10.4. The third-order valence-corrected chi connectivity index (χ3v) is 6.72. The molecule has 42 heavy (non-hydrogen) atoms. The van der Waals surface area contributed by atoms with Gasteiger partial charge in [-0.3, -0.25) is 14.4 Å². The lowest BCUT2D eigenvalue weighted by Crippen LogP contribution is -2.09. The molecule has 6 nitrogen and oxygen atoms in total. The topological polar surface area (TPSA) is 87.3 Å². The number of carbonyl (C=O) groups is 3. The fourth-order valence-electron chi connectivity index (χ4n) is 4.69. The average Bonchev–Trinajstić information content (AvgIpc) is 2.97. The number of amides is 3. The Kier molecular flexibility index (Phi) is 8.98. The minimum absolute atomic E-state index is 0.320. The Balaban J connectivity index is 2.03. The van der Waals surface area contributed by atoms with Gasteiger partial charge in [-0.1, -0.05) is 56.1 Å². The van der Waals surface area contributed by atoms with Gasteiger partial charge in [0.2, 0.25) is 17.7 Å². The summed E-state index contributed by atoms with van der Waals surface area (Å²) in [5.41, 5.74) is 9.72. The standard InChI is InChI=1S/C36H33N3O3/c1-7-34(40)37-31-16-22(4)10-13-28(31)25-19-26(29-14-11-23(5)17-32(29)38-35(41)8-2)21-27(20-25)30-15-12-24(6)18-33(30)39-36(42)9-3/h7-21H,1-3H2,4-6H3,(H,37,40)(H,38,41)(H,39,42). The molecule has 210 valence electrons. The summed E-state index contributed by atoms with van der Waals surface area (Å²) in [6.45, 7) is 16.6. The van der Waals surface area contributed by atoms with Gasteiger partial charge in [0.1, 0.15) is 0 Å².